The second-order valence-corrected chi connectivity index (χ2v) is 5.40. The van der Waals surface area contributed by atoms with Gasteiger partial charge in [-0.3, -0.25) is 9.69 Å². The molecular weight excluding hydrogens is 274 g/mol. The molecule has 0 radical (unpaired) electrons. The summed E-state index contributed by atoms with van der Waals surface area (Å²) in [5, 5.41) is 2.94. The quantitative estimate of drug-likeness (QED) is 0.825. The SMILES string of the molecule is Cc1cccc(NC(=O)CN(CCN)Cc2ccccc2)c1. The Morgan fingerprint density at radius 3 is 2.59 bits per heavy atom. The van der Waals surface area contributed by atoms with Crippen LogP contribution in [0.4, 0.5) is 5.69 Å². The van der Waals surface area contributed by atoms with Crippen molar-refractivity contribution >= 4 is 11.6 Å². The second kappa shape index (κ2) is 8.32. The summed E-state index contributed by atoms with van der Waals surface area (Å²) in [7, 11) is 0. The van der Waals surface area contributed by atoms with Crippen LogP contribution in [0.15, 0.2) is 54.6 Å². The van der Waals surface area contributed by atoms with Crippen molar-refractivity contribution in [3.63, 3.8) is 0 Å². The Hall–Kier alpha value is -2.17. The molecule has 0 fully saturated rings. The lowest BCUT2D eigenvalue weighted by Crippen LogP contribution is -2.36. The van der Waals surface area contributed by atoms with Gasteiger partial charge in [0.1, 0.15) is 0 Å². The molecule has 2 aromatic carbocycles. The van der Waals surface area contributed by atoms with Gasteiger partial charge >= 0.3 is 0 Å². The molecule has 116 valence electrons. The molecule has 4 heteroatoms. The number of carbonyl (C=O) groups is 1. The maximum atomic E-state index is 12.2. The molecule has 0 atom stereocenters. The predicted molar refractivity (Wildman–Crippen MR) is 90.6 cm³/mol. The van der Waals surface area contributed by atoms with E-state index in [1.807, 2.05) is 49.4 Å². The maximum absolute atomic E-state index is 12.2. The lowest BCUT2D eigenvalue weighted by Gasteiger charge is -2.21. The van der Waals surface area contributed by atoms with Gasteiger partial charge in [0.2, 0.25) is 5.91 Å². The van der Waals surface area contributed by atoms with Gasteiger partial charge in [-0.2, -0.15) is 0 Å². The molecule has 0 spiro atoms. The summed E-state index contributed by atoms with van der Waals surface area (Å²) in [4.78, 5) is 14.3. The molecule has 0 aliphatic rings. The summed E-state index contributed by atoms with van der Waals surface area (Å²) in [6.07, 6.45) is 0. The van der Waals surface area contributed by atoms with Crippen molar-refractivity contribution in [1.29, 1.82) is 0 Å². The number of amides is 1. The number of nitrogens with zero attached hydrogens (tertiary/aromatic N) is 1. The monoisotopic (exact) mass is 297 g/mol. The molecule has 2 rings (SSSR count). The average molecular weight is 297 g/mol. The van der Waals surface area contributed by atoms with Crippen LogP contribution in [-0.2, 0) is 11.3 Å². The molecule has 2 aromatic rings. The molecule has 0 aliphatic heterocycles. The van der Waals surface area contributed by atoms with Crippen LogP contribution < -0.4 is 11.1 Å². The van der Waals surface area contributed by atoms with Crippen molar-refractivity contribution in [2.75, 3.05) is 25.0 Å². The standard InChI is InChI=1S/C18H23N3O/c1-15-6-5-9-17(12-15)20-18(22)14-21(11-10-19)13-16-7-3-2-4-8-16/h2-9,12H,10-11,13-14,19H2,1H3,(H,20,22). The lowest BCUT2D eigenvalue weighted by molar-refractivity contribution is -0.117. The zero-order valence-corrected chi connectivity index (χ0v) is 13.0. The van der Waals surface area contributed by atoms with Crippen molar-refractivity contribution in [3.05, 3.63) is 65.7 Å². The summed E-state index contributed by atoms with van der Waals surface area (Å²) >= 11 is 0. The van der Waals surface area contributed by atoms with E-state index < -0.39 is 0 Å². The largest absolute Gasteiger partial charge is 0.329 e. The molecule has 0 heterocycles. The second-order valence-electron chi connectivity index (χ2n) is 5.40. The minimum Gasteiger partial charge on any atom is -0.329 e. The molecule has 4 nitrogen and oxygen atoms in total. The fraction of sp³-hybridized carbons (Fsp3) is 0.278. The van der Waals surface area contributed by atoms with Gasteiger partial charge in [0.25, 0.3) is 0 Å². The van der Waals surface area contributed by atoms with Gasteiger partial charge < -0.3 is 11.1 Å². The molecule has 0 saturated heterocycles. The highest BCUT2D eigenvalue weighted by atomic mass is 16.2. The zero-order chi connectivity index (χ0) is 15.8. The average Bonchev–Trinajstić information content (AvgIpc) is 2.48. The molecule has 0 bridgehead atoms. The summed E-state index contributed by atoms with van der Waals surface area (Å²) in [6.45, 7) is 4.28. The first-order valence-electron chi connectivity index (χ1n) is 7.50. The number of rotatable bonds is 7. The van der Waals surface area contributed by atoms with Crippen molar-refractivity contribution in [2.45, 2.75) is 13.5 Å². The molecule has 1 amide bonds. The smallest absolute Gasteiger partial charge is 0.238 e. The van der Waals surface area contributed by atoms with E-state index in [0.717, 1.165) is 17.8 Å². The third kappa shape index (κ3) is 5.31. The summed E-state index contributed by atoms with van der Waals surface area (Å²) in [6, 6.07) is 17.9. The molecule has 3 N–H and O–H groups in total. The van der Waals surface area contributed by atoms with Crippen molar-refractivity contribution in [2.24, 2.45) is 5.73 Å². The first kappa shape index (κ1) is 16.2. The molecule has 0 aromatic heterocycles. The van der Waals surface area contributed by atoms with E-state index in [-0.39, 0.29) is 5.91 Å². The Morgan fingerprint density at radius 1 is 1.14 bits per heavy atom. The van der Waals surface area contributed by atoms with Gasteiger partial charge in [-0.05, 0) is 30.2 Å². The number of hydrogen-bond donors (Lipinski definition) is 2. The zero-order valence-electron chi connectivity index (χ0n) is 13.0. The number of benzene rings is 2. The van der Waals surface area contributed by atoms with E-state index in [1.54, 1.807) is 0 Å². The number of nitrogens with one attached hydrogen (secondary N) is 1. The fourth-order valence-corrected chi connectivity index (χ4v) is 2.36. The van der Waals surface area contributed by atoms with Crippen molar-refractivity contribution in [3.8, 4) is 0 Å². The minimum atomic E-state index is -0.0185. The number of nitrogens with two attached hydrogens (primary N) is 1. The van der Waals surface area contributed by atoms with Crippen LogP contribution >= 0.6 is 0 Å². The third-order valence-corrected chi connectivity index (χ3v) is 3.36. The highest BCUT2D eigenvalue weighted by Crippen LogP contribution is 2.10. The molecule has 0 aliphatic carbocycles. The van der Waals surface area contributed by atoms with Crippen molar-refractivity contribution in [1.82, 2.24) is 4.90 Å². The lowest BCUT2D eigenvalue weighted by atomic mass is 10.2. The number of aryl methyl sites for hydroxylation is 1. The molecule has 0 unspecified atom stereocenters. The molecular formula is C18H23N3O. The highest BCUT2D eigenvalue weighted by molar-refractivity contribution is 5.92. The van der Waals surface area contributed by atoms with Crippen LogP contribution in [0.5, 0.6) is 0 Å². The Morgan fingerprint density at radius 2 is 1.91 bits per heavy atom. The molecule has 22 heavy (non-hydrogen) atoms. The summed E-state index contributed by atoms with van der Waals surface area (Å²) < 4.78 is 0. The number of hydrogen-bond acceptors (Lipinski definition) is 3. The number of carbonyl (C=O) groups excluding carboxylic acids is 1. The van der Waals surface area contributed by atoms with Crippen molar-refractivity contribution < 1.29 is 4.79 Å². The van der Waals surface area contributed by atoms with E-state index in [2.05, 4.69) is 22.3 Å². The highest BCUT2D eigenvalue weighted by Gasteiger charge is 2.11. The van der Waals surface area contributed by atoms with Crippen LogP contribution in [0.2, 0.25) is 0 Å². The van der Waals surface area contributed by atoms with Gasteiger partial charge in [0.05, 0.1) is 6.54 Å². The van der Waals surface area contributed by atoms with Gasteiger partial charge in [-0.1, -0.05) is 42.5 Å². The van der Waals surface area contributed by atoms with Gasteiger partial charge in [-0.15, -0.1) is 0 Å². The normalized spacial score (nSPS) is 10.7. The topological polar surface area (TPSA) is 58.4 Å². The fourth-order valence-electron chi connectivity index (χ4n) is 2.36. The van der Waals surface area contributed by atoms with Crippen LogP contribution in [-0.4, -0.2) is 30.4 Å². The summed E-state index contributed by atoms with van der Waals surface area (Å²) in [5.41, 5.74) is 8.79. The van der Waals surface area contributed by atoms with E-state index in [0.29, 0.717) is 19.6 Å². The summed E-state index contributed by atoms with van der Waals surface area (Å²) in [5.74, 6) is -0.0185. The van der Waals surface area contributed by atoms with Crippen LogP contribution in [0.1, 0.15) is 11.1 Å². The van der Waals surface area contributed by atoms with Crippen LogP contribution in [0.3, 0.4) is 0 Å². The van der Waals surface area contributed by atoms with Gasteiger partial charge in [0.15, 0.2) is 0 Å². The van der Waals surface area contributed by atoms with E-state index in [1.165, 1.54) is 5.56 Å². The van der Waals surface area contributed by atoms with E-state index in [9.17, 15) is 4.79 Å². The van der Waals surface area contributed by atoms with Gasteiger partial charge in [-0.25, -0.2) is 0 Å². The Labute approximate surface area is 131 Å². The third-order valence-electron chi connectivity index (χ3n) is 3.36. The number of anilines is 1. The first-order valence-corrected chi connectivity index (χ1v) is 7.50. The Kier molecular flexibility index (Phi) is 6.13. The maximum Gasteiger partial charge on any atom is 0.238 e. The van der Waals surface area contributed by atoms with Gasteiger partial charge in [0, 0.05) is 25.3 Å². The van der Waals surface area contributed by atoms with E-state index >= 15 is 0 Å². The van der Waals surface area contributed by atoms with Crippen LogP contribution in [0.25, 0.3) is 0 Å². The predicted octanol–water partition coefficient (Wildman–Crippen LogP) is 2.39. The Balaban J connectivity index is 1.93. The molecule has 0 saturated carbocycles. The Bertz CT molecular complexity index is 598. The minimum absolute atomic E-state index is 0.0185. The first-order chi connectivity index (χ1) is 10.7. The van der Waals surface area contributed by atoms with E-state index in [4.69, 9.17) is 5.73 Å². The van der Waals surface area contributed by atoms with Crippen LogP contribution in [0, 0.1) is 6.92 Å².